The molecule has 6 heteroatoms. The van der Waals surface area contributed by atoms with Gasteiger partial charge in [0.25, 0.3) is 0 Å². The molecule has 0 aliphatic carbocycles. The summed E-state index contributed by atoms with van der Waals surface area (Å²) in [6.07, 6.45) is -1.16. The van der Waals surface area contributed by atoms with Crippen LogP contribution >= 0.6 is 0 Å². The second-order valence-electron chi connectivity index (χ2n) is 4.49. The Kier molecular flexibility index (Phi) is 7.00. The zero-order valence-electron chi connectivity index (χ0n) is 11.7. The largest absolute Gasteiger partial charge is 0.491 e. The van der Waals surface area contributed by atoms with Crippen LogP contribution in [0.2, 0.25) is 0 Å². The lowest BCUT2D eigenvalue weighted by Gasteiger charge is -2.14. The van der Waals surface area contributed by atoms with Crippen molar-refractivity contribution in [3.63, 3.8) is 0 Å². The van der Waals surface area contributed by atoms with Crippen LogP contribution in [0, 0.1) is 0 Å². The van der Waals surface area contributed by atoms with Crippen LogP contribution in [-0.4, -0.2) is 55.2 Å². The highest BCUT2D eigenvalue weighted by atomic mass is 16.5. The molecule has 112 valence electrons. The Hall–Kier alpha value is -1.63. The molecule has 0 heterocycles. The fourth-order valence-corrected chi connectivity index (χ4v) is 1.54. The molecule has 1 aromatic carbocycles. The molecule has 0 bridgehead atoms. The molecular weight excluding hydrogens is 262 g/mol. The summed E-state index contributed by atoms with van der Waals surface area (Å²) in [7, 11) is 1.31. The van der Waals surface area contributed by atoms with Crippen molar-refractivity contribution in [3.8, 4) is 5.75 Å². The number of ether oxygens (including phenoxy) is 2. The molecule has 1 aromatic rings. The van der Waals surface area contributed by atoms with Crippen LogP contribution in [0.15, 0.2) is 24.3 Å². The summed E-state index contributed by atoms with van der Waals surface area (Å²) in [6, 6.07) is 6.56. The summed E-state index contributed by atoms with van der Waals surface area (Å²) in [5, 5.41) is 21.7. The van der Waals surface area contributed by atoms with Crippen molar-refractivity contribution in [1.29, 1.82) is 0 Å². The maximum atomic E-state index is 11.3. The van der Waals surface area contributed by atoms with Gasteiger partial charge < -0.3 is 25.0 Å². The van der Waals surface area contributed by atoms with Crippen LogP contribution < -0.4 is 10.1 Å². The fraction of sp³-hybridized carbons (Fsp3) is 0.500. The van der Waals surface area contributed by atoms with Crippen molar-refractivity contribution in [3.05, 3.63) is 29.8 Å². The first-order valence-electron chi connectivity index (χ1n) is 6.41. The Morgan fingerprint density at radius 2 is 2.10 bits per heavy atom. The van der Waals surface area contributed by atoms with Gasteiger partial charge in [-0.2, -0.15) is 0 Å². The van der Waals surface area contributed by atoms with E-state index in [9.17, 15) is 9.90 Å². The van der Waals surface area contributed by atoms with Crippen LogP contribution in [0.3, 0.4) is 0 Å². The number of hydrogen-bond donors (Lipinski definition) is 3. The SMILES string of the molecule is COC(=O)c1cccc(OCC(O)CNCC(C)O)c1. The van der Waals surface area contributed by atoms with E-state index in [4.69, 9.17) is 9.84 Å². The van der Waals surface area contributed by atoms with E-state index in [-0.39, 0.29) is 6.61 Å². The van der Waals surface area contributed by atoms with Gasteiger partial charge in [-0.1, -0.05) is 6.07 Å². The van der Waals surface area contributed by atoms with Gasteiger partial charge in [-0.3, -0.25) is 0 Å². The maximum Gasteiger partial charge on any atom is 0.337 e. The monoisotopic (exact) mass is 283 g/mol. The smallest absolute Gasteiger partial charge is 0.337 e. The summed E-state index contributed by atoms with van der Waals surface area (Å²) in [4.78, 5) is 11.3. The lowest BCUT2D eigenvalue weighted by molar-refractivity contribution is 0.0600. The third kappa shape index (κ3) is 6.01. The van der Waals surface area contributed by atoms with Crippen molar-refractivity contribution >= 4 is 5.97 Å². The highest BCUT2D eigenvalue weighted by Crippen LogP contribution is 2.14. The quantitative estimate of drug-likeness (QED) is 0.590. The Morgan fingerprint density at radius 3 is 2.75 bits per heavy atom. The molecule has 3 N–H and O–H groups in total. The topological polar surface area (TPSA) is 88.0 Å². The van der Waals surface area contributed by atoms with Crippen molar-refractivity contribution in [2.24, 2.45) is 0 Å². The summed E-state index contributed by atoms with van der Waals surface area (Å²) in [5.74, 6) is 0.0528. The molecule has 2 atom stereocenters. The van der Waals surface area contributed by atoms with Crippen LogP contribution in [-0.2, 0) is 4.74 Å². The van der Waals surface area contributed by atoms with Crippen LogP contribution in [0.1, 0.15) is 17.3 Å². The lowest BCUT2D eigenvalue weighted by Crippen LogP contribution is -2.35. The molecule has 0 amide bonds. The molecule has 0 saturated heterocycles. The van der Waals surface area contributed by atoms with Gasteiger partial charge >= 0.3 is 5.97 Å². The molecule has 6 nitrogen and oxygen atoms in total. The average molecular weight is 283 g/mol. The van der Waals surface area contributed by atoms with Crippen molar-refractivity contribution in [2.45, 2.75) is 19.1 Å². The maximum absolute atomic E-state index is 11.3. The Morgan fingerprint density at radius 1 is 1.35 bits per heavy atom. The number of esters is 1. The van der Waals surface area contributed by atoms with E-state index in [0.29, 0.717) is 24.4 Å². The third-order valence-electron chi connectivity index (χ3n) is 2.52. The zero-order chi connectivity index (χ0) is 15.0. The number of carbonyl (C=O) groups is 1. The van der Waals surface area contributed by atoms with E-state index in [0.717, 1.165) is 0 Å². The van der Waals surface area contributed by atoms with Crippen molar-refractivity contribution in [1.82, 2.24) is 5.32 Å². The first kappa shape index (κ1) is 16.4. The molecule has 0 aromatic heterocycles. The van der Waals surface area contributed by atoms with Gasteiger partial charge in [-0.05, 0) is 25.1 Å². The Labute approximate surface area is 118 Å². The van der Waals surface area contributed by atoms with Gasteiger partial charge in [0.2, 0.25) is 0 Å². The minimum Gasteiger partial charge on any atom is -0.491 e. The molecule has 0 aliphatic heterocycles. The molecule has 0 aliphatic rings. The van der Waals surface area contributed by atoms with Gasteiger partial charge in [0.1, 0.15) is 18.5 Å². The van der Waals surface area contributed by atoms with E-state index < -0.39 is 18.2 Å². The van der Waals surface area contributed by atoms with E-state index in [1.807, 2.05) is 0 Å². The second-order valence-corrected chi connectivity index (χ2v) is 4.49. The minimum absolute atomic E-state index is 0.0947. The highest BCUT2D eigenvalue weighted by molar-refractivity contribution is 5.89. The molecule has 0 radical (unpaired) electrons. The predicted molar refractivity (Wildman–Crippen MR) is 73.8 cm³/mol. The molecule has 0 fully saturated rings. The van der Waals surface area contributed by atoms with Gasteiger partial charge in [0.15, 0.2) is 0 Å². The number of hydrogen-bond acceptors (Lipinski definition) is 6. The van der Waals surface area contributed by atoms with E-state index >= 15 is 0 Å². The predicted octanol–water partition coefficient (Wildman–Crippen LogP) is 0.183. The number of benzene rings is 1. The highest BCUT2D eigenvalue weighted by Gasteiger charge is 2.08. The number of aliphatic hydroxyl groups is 2. The molecule has 1 rings (SSSR count). The second kappa shape index (κ2) is 8.52. The van der Waals surface area contributed by atoms with Crippen LogP contribution in [0.25, 0.3) is 0 Å². The summed E-state index contributed by atoms with van der Waals surface area (Å²) in [5.41, 5.74) is 0.395. The molecule has 0 spiro atoms. The number of carbonyl (C=O) groups excluding carboxylic acids is 1. The van der Waals surface area contributed by atoms with Gasteiger partial charge in [-0.25, -0.2) is 4.79 Å². The van der Waals surface area contributed by atoms with Gasteiger partial charge in [-0.15, -0.1) is 0 Å². The average Bonchev–Trinajstić information content (AvgIpc) is 2.44. The number of aliphatic hydroxyl groups excluding tert-OH is 2. The normalized spacial score (nSPS) is 13.6. The van der Waals surface area contributed by atoms with Crippen LogP contribution in [0.4, 0.5) is 0 Å². The van der Waals surface area contributed by atoms with E-state index in [1.54, 1.807) is 31.2 Å². The standard InChI is InChI=1S/C14H21NO5/c1-10(16)7-15-8-12(17)9-20-13-5-3-4-11(6-13)14(18)19-2/h3-6,10,12,15-17H,7-9H2,1-2H3. The van der Waals surface area contributed by atoms with E-state index in [2.05, 4.69) is 10.1 Å². The molecule has 20 heavy (non-hydrogen) atoms. The van der Waals surface area contributed by atoms with Crippen LogP contribution in [0.5, 0.6) is 5.75 Å². The molecular formula is C14H21NO5. The first-order valence-corrected chi connectivity index (χ1v) is 6.41. The summed E-state index contributed by atoms with van der Waals surface area (Å²) in [6.45, 7) is 2.49. The number of rotatable bonds is 8. The summed E-state index contributed by atoms with van der Waals surface area (Å²) >= 11 is 0. The van der Waals surface area contributed by atoms with Gasteiger partial charge in [0.05, 0.1) is 18.8 Å². The first-order chi connectivity index (χ1) is 9.52. The number of methoxy groups -OCH3 is 1. The van der Waals surface area contributed by atoms with E-state index in [1.165, 1.54) is 7.11 Å². The third-order valence-corrected chi connectivity index (χ3v) is 2.52. The molecule has 0 saturated carbocycles. The Bertz CT molecular complexity index is 422. The van der Waals surface area contributed by atoms with Crippen molar-refractivity contribution < 1.29 is 24.5 Å². The number of nitrogens with one attached hydrogen (secondary N) is 1. The lowest BCUT2D eigenvalue weighted by atomic mass is 10.2. The fourth-order valence-electron chi connectivity index (χ4n) is 1.54. The summed E-state index contributed by atoms with van der Waals surface area (Å²) < 4.78 is 10.0. The molecule has 2 unspecified atom stereocenters. The van der Waals surface area contributed by atoms with Gasteiger partial charge in [0, 0.05) is 13.1 Å². The van der Waals surface area contributed by atoms with Crippen molar-refractivity contribution in [2.75, 3.05) is 26.8 Å². The minimum atomic E-state index is -0.699. The zero-order valence-corrected chi connectivity index (χ0v) is 11.7. The Balaban J connectivity index is 2.39.